The number of carbonyl (C=O) groups excluding carboxylic acids is 1. The number of halogens is 1. The smallest absolute Gasteiger partial charge is 0.230 e. The molecule has 0 heterocycles. The van der Waals surface area contributed by atoms with E-state index in [-0.39, 0.29) is 23.6 Å². The van der Waals surface area contributed by atoms with E-state index in [1.54, 1.807) is 17.0 Å². The Morgan fingerprint density at radius 2 is 1.95 bits per heavy atom. The maximum absolute atomic E-state index is 13.0. The SMILES string of the molecule is CCN(C(=O)C1CCCCC1CN)c1ccc(F)cc1. The second-order valence-corrected chi connectivity index (χ2v) is 5.45. The lowest BCUT2D eigenvalue weighted by Crippen LogP contribution is -2.42. The molecule has 1 saturated carbocycles. The van der Waals surface area contributed by atoms with Gasteiger partial charge in [0.1, 0.15) is 5.82 Å². The van der Waals surface area contributed by atoms with Gasteiger partial charge in [-0.15, -0.1) is 0 Å². The molecule has 1 fully saturated rings. The lowest BCUT2D eigenvalue weighted by atomic mass is 9.78. The van der Waals surface area contributed by atoms with Crippen molar-refractivity contribution in [2.45, 2.75) is 32.6 Å². The van der Waals surface area contributed by atoms with Crippen LogP contribution in [0.25, 0.3) is 0 Å². The van der Waals surface area contributed by atoms with Crippen molar-refractivity contribution in [2.75, 3.05) is 18.0 Å². The molecular formula is C16H23FN2O. The molecular weight excluding hydrogens is 255 g/mol. The van der Waals surface area contributed by atoms with E-state index in [1.165, 1.54) is 12.1 Å². The molecule has 20 heavy (non-hydrogen) atoms. The van der Waals surface area contributed by atoms with Gasteiger partial charge >= 0.3 is 0 Å². The molecule has 2 rings (SSSR count). The van der Waals surface area contributed by atoms with Crippen molar-refractivity contribution >= 4 is 11.6 Å². The molecule has 3 nitrogen and oxygen atoms in total. The molecule has 2 unspecified atom stereocenters. The third-order valence-corrected chi connectivity index (χ3v) is 4.25. The fourth-order valence-corrected chi connectivity index (χ4v) is 3.10. The fraction of sp³-hybridized carbons (Fsp3) is 0.562. The quantitative estimate of drug-likeness (QED) is 0.920. The minimum atomic E-state index is -0.283. The van der Waals surface area contributed by atoms with Crippen LogP contribution in [0.3, 0.4) is 0 Å². The number of nitrogens with two attached hydrogens (primary N) is 1. The summed E-state index contributed by atoms with van der Waals surface area (Å²) in [6.45, 7) is 3.11. The minimum absolute atomic E-state index is 0.0127. The highest BCUT2D eigenvalue weighted by atomic mass is 19.1. The van der Waals surface area contributed by atoms with Crippen LogP contribution in [0.5, 0.6) is 0 Å². The van der Waals surface area contributed by atoms with E-state index >= 15 is 0 Å². The van der Waals surface area contributed by atoms with Crippen LogP contribution in [-0.4, -0.2) is 19.0 Å². The average Bonchev–Trinajstić information content (AvgIpc) is 2.49. The summed E-state index contributed by atoms with van der Waals surface area (Å²) in [5.41, 5.74) is 6.58. The van der Waals surface area contributed by atoms with Gasteiger partial charge in [-0.2, -0.15) is 0 Å². The Kier molecular flexibility index (Phi) is 5.12. The van der Waals surface area contributed by atoms with Crippen LogP contribution < -0.4 is 10.6 Å². The van der Waals surface area contributed by atoms with Gasteiger partial charge in [-0.3, -0.25) is 4.79 Å². The standard InChI is InChI=1S/C16H23FN2O/c1-2-19(14-9-7-13(17)8-10-14)16(20)15-6-4-3-5-12(15)11-18/h7-10,12,15H,2-6,11,18H2,1H3. The number of benzene rings is 1. The molecule has 2 atom stereocenters. The molecule has 2 N–H and O–H groups in total. The zero-order valence-corrected chi connectivity index (χ0v) is 12.0. The molecule has 1 aromatic rings. The van der Waals surface area contributed by atoms with E-state index < -0.39 is 0 Å². The topological polar surface area (TPSA) is 46.3 Å². The van der Waals surface area contributed by atoms with Crippen LogP contribution in [-0.2, 0) is 4.79 Å². The highest BCUT2D eigenvalue weighted by Gasteiger charge is 2.32. The Labute approximate surface area is 120 Å². The van der Waals surface area contributed by atoms with Gasteiger partial charge in [0.15, 0.2) is 0 Å². The van der Waals surface area contributed by atoms with E-state index in [0.717, 1.165) is 31.4 Å². The second kappa shape index (κ2) is 6.84. The van der Waals surface area contributed by atoms with Crippen LogP contribution in [0.4, 0.5) is 10.1 Å². The van der Waals surface area contributed by atoms with Gasteiger partial charge in [0.2, 0.25) is 5.91 Å². The summed E-state index contributed by atoms with van der Waals surface area (Å²) >= 11 is 0. The first-order valence-corrected chi connectivity index (χ1v) is 7.44. The van der Waals surface area contributed by atoms with Crippen molar-refractivity contribution in [1.82, 2.24) is 0 Å². The van der Waals surface area contributed by atoms with Crippen molar-refractivity contribution in [1.29, 1.82) is 0 Å². The summed E-state index contributed by atoms with van der Waals surface area (Å²) in [6.07, 6.45) is 4.20. The van der Waals surface area contributed by atoms with Crippen molar-refractivity contribution in [3.63, 3.8) is 0 Å². The van der Waals surface area contributed by atoms with Gasteiger partial charge in [-0.1, -0.05) is 12.8 Å². The van der Waals surface area contributed by atoms with Crippen molar-refractivity contribution in [3.8, 4) is 0 Å². The lowest BCUT2D eigenvalue weighted by molar-refractivity contribution is -0.124. The Hall–Kier alpha value is -1.42. The van der Waals surface area contributed by atoms with Gasteiger partial charge in [0.05, 0.1) is 0 Å². The third kappa shape index (κ3) is 3.18. The Bertz CT molecular complexity index is 446. The number of rotatable bonds is 4. The summed E-state index contributed by atoms with van der Waals surface area (Å²) in [6, 6.07) is 6.12. The number of amides is 1. The second-order valence-electron chi connectivity index (χ2n) is 5.45. The fourth-order valence-electron chi connectivity index (χ4n) is 3.10. The van der Waals surface area contributed by atoms with E-state index in [1.807, 2.05) is 6.92 Å². The maximum atomic E-state index is 13.0. The summed E-state index contributed by atoms with van der Waals surface area (Å²) in [5, 5.41) is 0. The zero-order chi connectivity index (χ0) is 14.5. The van der Waals surface area contributed by atoms with Crippen molar-refractivity contribution in [3.05, 3.63) is 30.1 Å². The molecule has 0 bridgehead atoms. The normalized spacial score (nSPS) is 22.6. The summed E-state index contributed by atoms with van der Waals surface area (Å²) in [7, 11) is 0. The van der Waals surface area contributed by atoms with Crippen LogP contribution in [0.15, 0.2) is 24.3 Å². The highest BCUT2D eigenvalue weighted by Crippen LogP contribution is 2.32. The third-order valence-electron chi connectivity index (χ3n) is 4.25. The predicted octanol–water partition coefficient (Wildman–Crippen LogP) is 2.94. The number of nitrogens with zero attached hydrogens (tertiary/aromatic N) is 1. The van der Waals surface area contributed by atoms with E-state index in [0.29, 0.717) is 13.1 Å². The number of hydrogen-bond donors (Lipinski definition) is 1. The molecule has 4 heteroatoms. The number of anilines is 1. The molecule has 0 saturated heterocycles. The molecule has 1 aromatic carbocycles. The van der Waals surface area contributed by atoms with E-state index in [4.69, 9.17) is 5.73 Å². The highest BCUT2D eigenvalue weighted by molar-refractivity contribution is 5.95. The monoisotopic (exact) mass is 278 g/mol. The Morgan fingerprint density at radius 1 is 1.30 bits per heavy atom. The van der Waals surface area contributed by atoms with Crippen molar-refractivity contribution in [2.24, 2.45) is 17.6 Å². The molecule has 1 aliphatic carbocycles. The number of carbonyl (C=O) groups is 1. The van der Waals surface area contributed by atoms with Crippen LogP contribution in [0, 0.1) is 17.7 Å². The maximum Gasteiger partial charge on any atom is 0.230 e. The van der Waals surface area contributed by atoms with Crippen LogP contribution in [0.2, 0.25) is 0 Å². The largest absolute Gasteiger partial charge is 0.330 e. The molecule has 0 aromatic heterocycles. The van der Waals surface area contributed by atoms with Crippen LogP contribution >= 0.6 is 0 Å². The molecule has 0 spiro atoms. The van der Waals surface area contributed by atoms with Crippen LogP contribution in [0.1, 0.15) is 32.6 Å². The first kappa shape index (κ1) is 15.0. The summed E-state index contributed by atoms with van der Waals surface area (Å²) in [5.74, 6) is 0.147. The van der Waals surface area contributed by atoms with Crippen molar-refractivity contribution < 1.29 is 9.18 Å². The first-order valence-electron chi connectivity index (χ1n) is 7.44. The van der Waals surface area contributed by atoms with Gasteiger partial charge in [0.25, 0.3) is 0 Å². The van der Waals surface area contributed by atoms with Gasteiger partial charge in [-0.25, -0.2) is 4.39 Å². The molecule has 0 radical (unpaired) electrons. The average molecular weight is 278 g/mol. The molecule has 1 aliphatic rings. The van der Waals surface area contributed by atoms with Gasteiger partial charge in [0, 0.05) is 18.2 Å². The molecule has 0 aliphatic heterocycles. The van der Waals surface area contributed by atoms with Gasteiger partial charge < -0.3 is 10.6 Å². The first-order chi connectivity index (χ1) is 9.67. The summed E-state index contributed by atoms with van der Waals surface area (Å²) < 4.78 is 13.0. The lowest BCUT2D eigenvalue weighted by Gasteiger charge is -2.33. The van der Waals surface area contributed by atoms with Gasteiger partial charge in [-0.05, 0) is 56.5 Å². The number of hydrogen-bond acceptors (Lipinski definition) is 2. The Balaban J connectivity index is 2.17. The Morgan fingerprint density at radius 3 is 2.55 bits per heavy atom. The molecule has 110 valence electrons. The van der Waals surface area contributed by atoms with E-state index in [2.05, 4.69) is 0 Å². The predicted molar refractivity (Wildman–Crippen MR) is 78.9 cm³/mol. The zero-order valence-electron chi connectivity index (χ0n) is 12.0. The summed E-state index contributed by atoms with van der Waals surface area (Å²) in [4.78, 5) is 14.5. The minimum Gasteiger partial charge on any atom is -0.330 e. The van der Waals surface area contributed by atoms with E-state index in [9.17, 15) is 9.18 Å². The molecule has 1 amide bonds.